The number of carbonyl (C=O) groups is 1. The van der Waals surface area contributed by atoms with Crippen LogP contribution in [0.1, 0.15) is 38.7 Å². The highest BCUT2D eigenvalue weighted by Gasteiger charge is 2.32. The Balaban J connectivity index is 1.80. The third-order valence-corrected chi connectivity index (χ3v) is 5.35. The topological polar surface area (TPSA) is 29.5 Å². The van der Waals surface area contributed by atoms with E-state index in [0.717, 1.165) is 28.9 Å². The molecule has 0 radical (unpaired) electrons. The number of ether oxygens (including phenoxy) is 1. The first-order valence-corrected chi connectivity index (χ1v) is 9.27. The van der Waals surface area contributed by atoms with Gasteiger partial charge in [-0.05, 0) is 53.8 Å². The highest BCUT2D eigenvalue weighted by atomic mass is 16.5. The van der Waals surface area contributed by atoms with E-state index >= 15 is 0 Å². The quantitative estimate of drug-likeness (QED) is 0.674. The summed E-state index contributed by atoms with van der Waals surface area (Å²) in [4.78, 5) is 15.4. The average Bonchev–Trinajstić information content (AvgIpc) is 2.73. The number of benzene rings is 3. The van der Waals surface area contributed by atoms with Crippen molar-refractivity contribution in [1.29, 1.82) is 0 Å². The Bertz CT molecular complexity index is 962. The van der Waals surface area contributed by atoms with Crippen molar-refractivity contribution in [3.63, 3.8) is 0 Å². The Morgan fingerprint density at radius 1 is 0.963 bits per heavy atom. The van der Waals surface area contributed by atoms with Crippen molar-refractivity contribution in [3.05, 3.63) is 101 Å². The van der Waals surface area contributed by atoms with E-state index in [1.807, 2.05) is 48.2 Å². The molecule has 136 valence electrons. The summed E-state index contributed by atoms with van der Waals surface area (Å²) in [5, 5.41) is 0. The van der Waals surface area contributed by atoms with Crippen LogP contribution in [-0.2, 0) is 6.42 Å². The lowest BCUT2D eigenvalue weighted by atomic mass is 9.87. The summed E-state index contributed by atoms with van der Waals surface area (Å²) >= 11 is 0. The first kappa shape index (κ1) is 17.3. The van der Waals surface area contributed by atoms with Crippen LogP contribution in [0.3, 0.4) is 0 Å². The van der Waals surface area contributed by atoms with Crippen molar-refractivity contribution in [2.75, 3.05) is 13.7 Å². The van der Waals surface area contributed by atoms with Crippen LogP contribution in [0.2, 0.25) is 0 Å². The highest BCUT2D eigenvalue weighted by Crippen LogP contribution is 2.36. The number of hydrogen-bond donors (Lipinski definition) is 0. The first-order chi connectivity index (χ1) is 13.2. The van der Waals surface area contributed by atoms with Gasteiger partial charge < -0.3 is 9.64 Å². The summed E-state index contributed by atoms with van der Waals surface area (Å²) in [6.45, 7) is 2.70. The van der Waals surface area contributed by atoms with Gasteiger partial charge in [0.25, 0.3) is 5.91 Å². The molecule has 4 rings (SSSR count). The van der Waals surface area contributed by atoms with E-state index in [-0.39, 0.29) is 11.9 Å². The highest BCUT2D eigenvalue weighted by molar-refractivity contribution is 5.96. The van der Waals surface area contributed by atoms with Crippen molar-refractivity contribution >= 4 is 5.91 Å². The van der Waals surface area contributed by atoms with E-state index in [9.17, 15) is 4.79 Å². The van der Waals surface area contributed by atoms with Crippen LogP contribution in [0.15, 0.2) is 72.8 Å². The number of hydrogen-bond acceptors (Lipinski definition) is 2. The van der Waals surface area contributed by atoms with Crippen LogP contribution < -0.4 is 4.74 Å². The molecule has 3 aromatic rings. The Morgan fingerprint density at radius 3 is 2.41 bits per heavy atom. The second-order valence-corrected chi connectivity index (χ2v) is 6.94. The predicted octanol–water partition coefficient (Wildman–Crippen LogP) is 4.79. The molecule has 1 amide bonds. The van der Waals surface area contributed by atoms with E-state index < -0.39 is 0 Å². The second kappa shape index (κ2) is 7.28. The molecule has 3 aromatic carbocycles. The fraction of sp³-hybridized carbons (Fsp3) is 0.208. The molecule has 27 heavy (non-hydrogen) atoms. The number of amides is 1. The maximum Gasteiger partial charge on any atom is 0.254 e. The fourth-order valence-corrected chi connectivity index (χ4v) is 3.90. The van der Waals surface area contributed by atoms with Gasteiger partial charge in [-0.25, -0.2) is 0 Å². The van der Waals surface area contributed by atoms with E-state index in [0.29, 0.717) is 6.54 Å². The van der Waals surface area contributed by atoms with Crippen LogP contribution in [0, 0.1) is 6.92 Å². The average molecular weight is 357 g/mol. The second-order valence-electron chi connectivity index (χ2n) is 6.94. The lowest BCUT2D eigenvalue weighted by Crippen LogP contribution is -2.40. The largest absolute Gasteiger partial charge is 0.497 e. The number of fused-ring (bicyclic) bond motifs is 1. The van der Waals surface area contributed by atoms with Gasteiger partial charge in [0.1, 0.15) is 5.75 Å². The van der Waals surface area contributed by atoms with Gasteiger partial charge in [-0.1, -0.05) is 54.6 Å². The van der Waals surface area contributed by atoms with Crippen LogP contribution in [0.4, 0.5) is 0 Å². The van der Waals surface area contributed by atoms with Gasteiger partial charge in [0.2, 0.25) is 0 Å². The van der Waals surface area contributed by atoms with E-state index in [1.165, 1.54) is 11.1 Å². The zero-order valence-corrected chi connectivity index (χ0v) is 15.7. The molecule has 0 spiro atoms. The summed E-state index contributed by atoms with van der Waals surface area (Å²) in [7, 11) is 1.67. The Hall–Kier alpha value is -3.07. The van der Waals surface area contributed by atoms with Gasteiger partial charge in [-0.2, -0.15) is 0 Å². The molecule has 1 atom stereocenters. The van der Waals surface area contributed by atoms with Crippen LogP contribution in [-0.4, -0.2) is 24.5 Å². The van der Waals surface area contributed by atoms with Gasteiger partial charge in [-0.15, -0.1) is 0 Å². The minimum absolute atomic E-state index is 0.0865. The standard InChI is InChI=1S/C24H23NO2/c1-17-7-3-5-9-21(17)24(26)25-16-15-18-8-4-6-10-22(18)23(25)19-11-13-20(27-2)14-12-19/h3-14,23H,15-16H2,1-2H3. The van der Waals surface area contributed by atoms with Crippen LogP contribution in [0.5, 0.6) is 5.75 Å². The van der Waals surface area contributed by atoms with Crippen molar-refractivity contribution < 1.29 is 9.53 Å². The zero-order valence-electron chi connectivity index (χ0n) is 15.7. The number of aryl methyl sites for hydroxylation is 1. The number of carbonyl (C=O) groups excluding carboxylic acids is 1. The maximum atomic E-state index is 13.4. The molecule has 0 bridgehead atoms. The summed E-state index contributed by atoms with van der Waals surface area (Å²) < 4.78 is 5.30. The van der Waals surface area contributed by atoms with Crippen molar-refractivity contribution in [2.45, 2.75) is 19.4 Å². The SMILES string of the molecule is COc1ccc(C2c3ccccc3CCN2C(=O)c2ccccc2C)cc1. The van der Waals surface area contributed by atoms with Crippen LogP contribution in [0.25, 0.3) is 0 Å². The Labute approximate surface area is 160 Å². The molecule has 0 aromatic heterocycles. The van der Waals surface area contributed by atoms with Crippen LogP contribution >= 0.6 is 0 Å². The molecule has 1 heterocycles. The van der Waals surface area contributed by atoms with Gasteiger partial charge in [0.05, 0.1) is 13.2 Å². The Morgan fingerprint density at radius 2 is 1.67 bits per heavy atom. The predicted molar refractivity (Wildman–Crippen MR) is 107 cm³/mol. The molecule has 1 aliphatic heterocycles. The minimum Gasteiger partial charge on any atom is -0.497 e. The number of rotatable bonds is 3. The van der Waals surface area contributed by atoms with Gasteiger partial charge in [0, 0.05) is 12.1 Å². The Kier molecular flexibility index (Phi) is 4.68. The summed E-state index contributed by atoms with van der Waals surface area (Å²) in [6.07, 6.45) is 0.875. The van der Waals surface area contributed by atoms with Crippen molar-refractivity contribution in [3.8, 4) is 5.75 Å². The van der Waals surface area contributed by atoms with Crippen molar-refractivity contribution in [2.24, 2.45) is 0 Å². The molecular weight excluding hydrogens is 334 g/mol. The monoisotopic (exact) mass is 357 g/mol. The third-order valence-electron chi connectivity index (χ3n) is 5.35. The molecule has 0 fully saturated rings. The van der Waals surface area contributed by atoms with Crippen molar-refractivity contribution in [1.82, 2.24) is 4.90 Å². The molecule has 0 aliphatic carbocycles. The molecule has 0 saturated carbocycles. The lowest BCUT2D eigenvalue weighted by Gasteiger charge is -2.38. The lowest BCUT2D eigenvalue weighted by molar-refractivity contribution is 0.0694. The summed E-state index contributed by atoms with van der Waals surface area (Å²) in [5.74, 6) is 0.906. The van der Waals surface area contributed by atoms with E-state index in [4.69, 9.17) is 4.74 Å². The summed E-state index contributed by atoms with van der Waals surface area (Å²) in [6, 6.07) is 24.2. The third kappa shape index (κ3) is 3.21. The molecule has 1 unspecified atom stereocenters. The maximum absolute atomic E-state index is 13.4. The molecule has 0 saturated heterocycles. The minimum atomic E-state index is -0.0898. The molecule has 1 aliphatic rings. The van der Waals surface area contributed by atoms with Gasteiger partial charge in [0.15, 0.2) is 0 Å². The normalized spacial score (nSPS) is 15.9. The molecule has 0 N–H and O–H groups in total. The fourth-order valence-electron chi connectivity index (χ4n) is 3.90. The summed E-state index contributed by atoms with van der Waals surface area (Å²) in [5.41, 5.74) is 5.40. The smallest absolute Gasteiger partial charge is 0.254 e. The van der Waals surface area contributed by atoms with E-state index in [1.54, 1.807) is 7.11 Å². The molecule has 3 heteroatoms. The molecule has 3 nitrogen and oxygen atoms in total. The number of nitrogens with zero attached hydrogens (tertiary/aromatic N) is 1. The van der Waals surface area contributed by atoms with Gasteiger partial charge in [-0.3, -0.25) is 4.79 Å². The number of methoxy groups -OCH3 is 1. The van der Waals surface area contributed by atoms with Gasteiger partial charge >= 0.3 is 0 Å². The zero-order chi connectivity index (χ0) is 18.8. The first-order valence-electron chi connectivity index (χ1n) is 9.27. The molecular formula is C24H23NO2. The van der Waals surface area contributed by atoms with E-state index in [2.05, 4.69) is 36.4 Å².